The third-order valence-corrected chi connectivity index (χ3v) is 9.76. The molecule has 4 aromatic rings. The number of amides is 2. The molecule has 9 nitrogen and oxygen atoms in total. The fraction of sp³-hybridized carbons (Fsp3) is 0.395. The second-order valence-electron chi connectivity index (χ2n) is 13.2. The van der Waals surface area contributed by atoms with Crippen molar-refractivity contribution in [2.24, 2.45) is 5.92 Å². The largest absolute Gasteiger partial charge is 0.476 e. The number of hydrogen-bond donors (Lipinski definition) is 1. The molecule has 0 radical (unpaired) electrons. The van der Waals surface area contributed by atoms with E-state index in [1.165, 1.54) is 0 Å². The topological polar surface area (TPSA) is 85.0 Å². The van der Waals surface area contributed by atoms with Gasteiger partial charge < -0.3 is 24.3 Å². The summed E-state index contributed by atoms with van der Waals surface area (Å²) in [7, 11) is 2.09. The highest BCUT2D eigenvalue weighted by atomic mass is 16.5. The Hall–Kier alpha value is -4.63. The molecule has 1 saturated carbocycles. The van der Waals surface area contributed by atoms with E-state index in [4.69, 9.17) is 4.74 Å². The van der Waals surface area contributed by atoms with Crippen molar-refractivity contribution in [2.75, 3.05) is 51.2 Å². The summed E-state index contributed by atoms with van der Waals surface area (Å²) in [4.78, 5) is 36.4. The van der Waals surface area contributed by atoms with Crippen molar-refractivity contribution >= 4 is 17.5 Å². The molecule has 2 atom stereocenters. The average Bonchev–Trinajstić information content (AvgIpc) is 3.82. The average molecular weight is 633 g/mol. The summed E-state index contributed by atoms with van der Waals surface area (Å²) in [6.07, 6.45) is 6.99. The second-order valence-corrected chi connectivity index (χ2v) is 13.2. The molecule has 2 saturated heterocycles. The fourth-order valence-corrected chi connectivity index (χ4v) is 6.80. The zero-order chi connectivity index (χ0) is 32.2. The molecule has 3 aliphatic rings. The van der Waals surface area contributed by atoms with Crippen LogP contribution in [0.25, 0.3) is 11.1 Å². The van der Waals surface area contributed by atoms with E-state index in [9.17, 15) is 9.59 Å². The van der Waals surface area contributed by atoms with Crippen molar-refractivity contribution in [1.82, 2.24) is 24.9 Å². The van der Waals surface area contributed by atoms with Gasteiger partial charge in [0.2, 0.25) is 12.0 Å². The fourth-order valence-electron chi connectivity index (χ4n) is 6.80. The summed E-state index contributed by atoms with van der Waals surface area (Å²) in [6, 6.07) is 26.6. The molecule has 2 aliphatic heterocycles. The van der Waals surface area contributed by atoms with Gasteiger partial charge in [-0.15, -0.1) is 0 Å². The number of piperidine rings is 1. The van der Waals surface area contributed by atoms with Crippen LogP contribution in [-0.4, -0.2) is 89.1 Å². The van der Waals surface area contributed by atoms with E-state index in [1.54, 1.807) is 0 Å². The van der Waals surface area contributed by atoms with Crippen LogP contribution in [0.4, 0.5) is 5.69 Å². The van der Waals surface area contributed by atoms with Crippen LogP contribution in [0.3, 0.4) is 0 Å². The van der Waals surface area contributed by atoms with Gasteiger partial charge in [0.05, 0.1) is 12.1 Å². The van der Waals surface area contributed by atoms with Crippen LogP contribution in [0.2, 0.25) is 0 Å². The number of anilines is 1. The molecule has 3 fully saturated rings. The summed E-state index contributed by atoms with van der Waals surface area (Å²) < 4.78 is 6.51. The molecule has 7 rings (SSSR count). The maximum absolute atomic E-state index is 14.0. The van der Waals surface area contributed by atoms with Gasteiger partial charge in [0.25, 0.3) is 5.91 Å². The minimum absolute atomic E-state index is 0.00498. The number of nitrogens with one attached hydrogen (secondary N) is 1. The van der Waals surface area contributed by atoms with E-state index in [0.29, 0.717) is 38.0 Å². The lowest BCUT2D eigenvalue weighted by Gasteiger charge is -2.37. The minimum Gasteiger partial charge on any atom is -0.476 e. The number of piperazine rings is 1. The summed E-state index contributed by atoms with van der Waals surface area (Å²) in [6.45, 7) is 5.29. The predicted molar refractivity (Wildman–Crippen MR) is 183 cm³/mol. The van der Waals surface area contributed by atoms with Crippen molar-refractivity contribution in [3.8, 4) is 16.9 Å². The van der Waals surface area contributed by atoms with Crippen LogP contribution < -0.4 is 9.64 Å². The first-order valence-corrected chi connectivity index (χ1v) is 16.9. The van der Waals surface area contributed by atoms with Crippen molar-refractivity contribution in [3.63, 3.8) is 0 Å². The van der Waals surface area contributed by atoms with Crippen molar-refractivity contribution in [1.29, 1.82) is 0 Å². The highest BCUT2D eigenvalue weighted by Gasteiger charge is 2.37. The van der Waals surface area contributed by atoms with Crippen molar-refractivity contribution < 1.29 is 14.3 Å². The molecule has 9 heteroatoms. The van der Waals surface area contributed by atoms with Gasteiger partial charge in [-0.05, 0) is 56.0 Å². The first-order valence-electron chi connectivity index (χ1n) is 16.9. The molecule has 3 aromatic carbocycles. The number of H-pyrrole nitrogens is 1. The van der Waals surface area contributed by atoms with E-state index in [0.717, 1.165) is 73.3 Å². The second kappa shape index (κ2) is 14.0. The summed E-state index contributed by atoms with van der Waals surface area (Å²) in [5.74, 6) is 0.848. The van der Waals surface area contributed by atoms with Gasteiger partial charge >= 0.3 is 0 Å². The maximum Gasteiger partial charge on any atom is 0.268 e. The van der Waals surface area contributed by atoms with E-state index < -0.39 is 6.10 Å². The highest BCUT2D eigenvalue weighted by Crippen LogP contribution is 2.34. The Morgan fingerprint density at radius 2 is 1.70 bits per heavy atom. The monoisotopic (exact) mass is 632 g/mol. The van der Waals surface area contributed by atoms with Crippen LogP contribution in [0.1, 0.15) is 42.9 Å². The van der Waals surface area contributed by atoms with Crippen LogP contribution in [0.15, 0.2) is 91.3 Å². The molecule has 1 N–H and O–H groups in total. The summed E-state index contributed by atoms with van der Waals surface area (Å²) >= 11 is 0. The molecule has 1 aromatic heterocycles. The minimum atomic E-state index is -0.716. The van der Waals surface area contributed by atoms with Crippen molar-refractivity contribution in [2.45, 2.75) is 44.4 Å². The summed E-state index contributed by atoms with van der Waals surface area (Å²) in [5.41, 5.74) is 5.18. The van der Waals surface area contributed by atoms with Crippen LogP contribution in [-0.2, 0) is 16.1 Å². The Morgan fingerprint density at radius 1 is 0.915 bits per heavy atom. The highest BCUT2D eigenvalue weighted by molar-refractivity contribution is 5.83. The van der Waals surface area contributed by atoms with Gasteiger partial charge in [0.15, 0.2) is 0 Å². The molecular formula is C38H44N6O3. The summed E-state index contributed by atoms with van der Waals surface area (Å²) in [5, 5.41) is 6.93. The SMILES string of the molecule is CN1CCN(C(=O)C(Oc2cccc(N3CCC[C@@H](C(=O)N(Cc4ccc(-c5cn[nH]c5)cc4)C4CC4)C3)c2)c2ccccc2)CC1. The van der Waals surface area contributed by atoms with E-state index in [1.807, 2.05) is 65.8 Å². The molecule has 2 amide bonds. The van der Waals surface area contributed by atoms with Gasteiger partial charge in [-0.25, -0.2) is 0 Å². The van der Waals surface area contributed by atoms with E-state index >= 15 is 0 Å². The molecule has 1 aliphatic carbocycles. The number of rotatable bonds is 10. The Kier molecular flexibility index (Phi) is 9.24. The Balaban J connectivity index is 1.03. The van der Waals surface area contributed by atoms with E-state index in [-0.39, 0.29) is 17.7 Å². The molecule has 0 spiro atoms. The Labute approximate surface area is 277 Å². The number of carbonyl (C=O) groups excluding carboxylic acids is 2. The lowest BCUT2D eigenvalue weighted by Crippen LogP contribution is -2.49. The third kappa shape index (κ3) is 7.36. The Morgan fingerprint density at radius 3 is 2.43 bits per heavy atom. The lowest BCUT2D eigenvalue weighted by atomic mass is 9.95. The quantitative estimate of drug-likeness (QED) is 0.253. The number of ether oxygens (including phenoxy) is 1. The standard InChI is InChI=1S/C38H44N6O3/c1-41-19-21-42(22-20-41)38(46)36(30-7-3-2-4-8-30)47-35-11-5-10-34(23-35)43-18-6-9-31(27-43)37(45)44(33-16-17-33)26-28-12-14-29(15-13-28)32-24-39-40-25-32/h2-5,7-8,10-15,23-25,31,33,36H,6,9,16-22,26-27H2,1H3,(H,39,40)/t31-,36?/m1/s1. The molecular weight excluding hydrogens is 588 g/mol. The molecule has 1 unspecified atom stereocenters. The predicted octanol–water partition coefficient (Wildman–Crippen LogP) is 5.38. The van der Waals surface area contributed by atoms with E-state index in [2.05, 4.69) is 62.3 Å². The van der Waals surface area contributed by atoms with Crippen molar-refractivity contribution in [3.05, 3.63) is 102 Å². The number of likely N-dealkylation sites (N-methyl/N-ethyl adjacent to an activating group) is 1. The number of aromatic amines is 1. The van der Waals surface area contributed by atoms with Gasteiger partial charge in [0, 0.05) is 80.9 Å². The zero-order valence-corrected chi connectivity index (χ0v) is 27.1. The molecule has 244 valence electrons. The molecule has 3 heterocycles. The normalized spacial score (nSPS) is 19.3. The zero-order valence-electron chi connectivity index (χ0n) is 27.1. The molecule has 47 heavy (non-hydrogen) atoms. The lowest BCUT2D eigenvalue weighted by molar-refractivity contribution is -0.140. The smallest absolute Gasteiger partial charge is 0.268 e. The number of hydrogen-bond acceptors (Lipinski definition) is 6. The van der Waals surface area contributed by atoms with Crippen LogP contribution in [0, 0.1) is 5.92 Å². The third-order valence-electron chi connectivity index (χ3n) is 9.76. The van der Waals surface area contributed by atoms with Gasteiger partial charge in [-0.3, -0.25) is 14.7 Å². The number of carbonyl (C=O) groups is 2. The maximum atomic E-state index is 14.0. The van der Waals surface area contributed by atoms with Crippen LogP contribution in [0.5, 0.6) is 5.75 Å². The van der Waals surface area contributed by atoms with Gasteiger partial charge in [-0.2, -0.15) is 5.10 Å². The van der Waals surface area contributed by atoms with Gasteiger partial charge in [-0.1, -0.05) is 60.7 Å². The number of benzene rings is 3. The first-order chi connectivity index (χ1) is 23.0. The first kappa shape index (κ1) is 31.0. The number of aromatic nitrogens is 2. The molecule has 0 bridgehead atoms. The Bertz CT molecular complexity index is 1630. The van der Waals surface area contributed by atoms with Gasteiger partial charge in [0.1, 0.15) is 5.75 Å². The van der Waals surface area contributed by atoms with Crippen LogP contribution >= 0.6 is 0 Å². The number of nitrogens with zero attached hydrogens (tertiary/aromatic N) is 5.